The van der Waals surface area contributed by atoms with Crippen molar-refractivity contribution in [3.05, 3.63) is 12.2 Å². The first-order valence-corrected chi connectivity index (χ1v) is 4.07. The van der Waals surface area contributed by atoms with Crippen molar-refractivity contribution in [1.82, 2.24) is 0 Å². The van der Waals surface area contributed by atoms with E-state index in [1.165, 1.54) is 0 Å². The first kappa shape index (κ1) is 9.18. The molecule has 0 saturated carbocycles. The SMILES string of the molecule is C[C@H](Br)/C=C\C(=N)CCl. The van der Waals surface area contributed by atoms with Crippen LogP contribution in [0.3, 0.4) is 0 Å². The molecule has 3 heteroatoms. The van der Waals surface area contributed by atoms with Crippen molar-refractivity contribution in [1.29, 1.82) is 5.41 Å². The van der Waals surface area contributed by atoms with Gasteiger partial charge in [0.05, 0.1) is 5.88 Å². The largest absolute Gasteiger partial charge is 0.304 e. The summed E-state index contributed by atoms with van der Waals surface area (Å²) in [7, 11) is 0. The monoisotopic (exact) mass is 209 g/mol. The first-order chi connectivity index (χ1) is 4.16. The first-order valence-electron chi connectivity index (χ1n) is 2.62. The maximum atomic E-state index is 7.09. The molecule has 0 spiro atoms. The van der Waals surface area contributed by atoms with Gasteiger partial charge in [-0.05, 0) is 13.0 Å². The van der Waals surface area contributed by atoms with Crippen LogP contribution >= 0.6 is 27.5 Å². The Morgan fingerprint density at radius 2 is 2.44 bits per heavy atom. The Balaban J connectivity index is 3.57. The molecule has 0 bridgehead atoms. The summed E-state index contributed by atoms with van der Waals surface area (Å²) >= 11 is 8.65. The van der Waals surface area contributed by atoms with Gasteiger partial charge < -0.3 is 5.41 Å². The molecule has 0 aliphatic heterocycles. The zero-order valence-corrected chi connectivity index (χ0v) is 7.54. The van der Waals surface area contributed by atoms with Crippen LogP contribution in [0.4, 0.5) is 0 Å². The minimum absolute atomic E-state index is 0.288. The molecule has 1 atom stereocenters. The fourth-order valence-corrected chi connectivity index (χ4v) is 0.535. The van der Waals surface area contributed by atoms with Crippen molar-refractivity contribution < 1.29 is 0 Å². The van der Waals surface area contributed by atoms with Gasteiger partial charge >= 0.3 is 0 Å². The minimum Gasteiger partial charge on any atom is -0.304 e. The Labute approximate surface area is 68.7 Å². The van der Waals surface area contributed by atoms with Crippen LogP contribution in [0.25, 0.3) is 0 Å². The summed E-state index contributed by atoms with van der Waals surface area (Å²) in [5, 5.41) is 7.09. The van der Waals surface area contributed by atoms with Gasteiger partial charge in [-0.25, -0.2) is 0 Å². The van der Waals surface area contributed by atoms with Crippen LogP contribution in [0.1, 0.15) is 6.92 Å². The molecule has 0 heterocycles. The normalized spacial score (nSPS) is 14.1. The van der Waals surface area contributed by atoms with E-state index in [9.17, 15) is 0 Å². The summed E-state index contributed by atoms with van der Waals surface area (Å²) in [6, 6.07) is 0. The van der Waals surface area contributed by atoms with E-state index in [1.54, 1.807) is 6.08 Å². The Hall–Kier alpha value is 0.180. The van der Waals surface area contributed by atoms with Gasteiger partial charge in [0.2, 0.25) is 0 Å². The molecule has 0 aliphatic carbocycles. The molecule has 1 N–H and O–H groups in total. The molecule has 0 radical (unpaired) electrons. The molecule has 0 amide bonds. The molecule has 0 fully saturated rings. The lowest BCUT2D eigenvalue weighted by molar-refractivity contribution is 1.27. The molecule has 0 rings (SSSR count). The molecule has 0 aromatic carbocycles. The summed E-state index contributed by atoms with van der Waals surface area (Å²) in [6.45, 7) is 1.98. The number of halogens is 2. The number of nitrogens with one attached hydrogen (secondary N) is 1. The molecule has 0 aromatic rings. The number of hydrogen-bond donors (Lipinski definition) is 1. The smallest absolute Gasteiger partial charge is 0.0640 e. The predicted molar refractivity (Wildman–Crippen MR) is 46.0 cm³/mol. The average molecular weight is 211 g/mol. The molecule has 0 unspecified atom stereocenters. The van der Waals surface area contributed by atoms with Crippen LogP contribution in [0.2, 0.25) is 0 Å². The van der Waals surface area contributed by atoms with Crippen LogP contribution in [0, 0.1) is 5.41 Å². The van der Waals surface area contributed by atoms with E-state index in [4.69, 9.17) is 17.0 Å². The molecule has 9 heavy (non-hydrogen) atoms. The van der Waals surface area contributed by atoms with Gasteiger partial charge in [0, 0.05) is 10.5 Å². The number of hydrogen-bond acceptors (Lipinski definition) is 1. The van der Waals surface area contributed by atoms with E-state index >= 15 is 0 Å². The van der Waals surface area contributed by atoms with Crippen LogP contribution in [-0.2, 0) is 0 Å². The third kappa shape index (κ3) is 6.06. The van der Waals surface area contributed by atoms with Crippen molar-refractivity contribution in [3.8, 4) is 0 Å². The zero-order valence-electron chi connectivity index (χ0n) is 5.20. The predicted octanol–water partition coefficient (Wildman–Crippen LogP) is 2.58. The topological polar surface area (TPSA) is 23.9 Å². The van der Waals surface area contributed by atoms with Crippen molar-refractivity contribution in [2.45, 2.75) is 11.8 Å². The molecule has 0 aromatic heterocycles. The van der Waals surface area contributed by atoms with Gasteiger partial charge in [-0.15, -0.1) is 11.6 Å². The molecular formula is C6H9BrClN. The molecule has 0 aliphatic rings. The summed E-state index contributed by atoms with van der Waals surface area (Å²) in [5.41, 5.74) is 0.447. The van der Waals surface area contributed by atoms with Gasteiger partial charge in [0.1, 0.15) is 0 Å². The number of rotatable bonds is 3. The lowest BCUT2D eigenvalue weighted by Gasteiger charge is -1.90. The second kappa shape index (κ2) is 5.00. The van der Waals surface area contributed by atoms with Gasteiger partial charge in [0.25, 0.3) is 0 Å². The highest BCUT2D eigenvalue weighted by Gasteiger charge is 1.88. The molecular weight excluding hydrogens is 201 g/mol. The maximum absolute atomic E-state index is 7.09. The maximum Gasteiger partial charge on any atom is 0.0640 e. The summed E-state index contributed by atoms with van der Waals surface area (Å²) in [5.74, 6) is 0.288. The van der Waals surface area contributed by atoms with Crippen LogP contribution in [-0.4, -0.2) is 16.4 Å². The minimum atomic E-state index is 0.288. The molecule has 52 valence electrons. The van der Waals surface area contributed by atoms with E-state index < -0.39 is 0 Å². The second-order valence-electron chi connectivity index (χ2n) is 1.70. The third-order valence-corrected chi connectivity index (χ3v) is 1.30. The molecule has 0 saturated heterocycles. The third-order valence-electron chi connectivity index (χ3n) is 0.707. The van der Waals surface area contributed by atoms with Crippen molar-refractivity contribution in [3.63, 3.8) is 0 Å². The fraction of sp³-hybridized carbons (Fsp3) is 0.500. The lowest BCUT2D eigenvalue weighted by atomic mass is 10.3. The summed E-state index contributed by atoms with van der Waals surface area (Å²) in [6.07, 6.45) is 3.58. The van der Waals surface area contributed by atoms with Gasteiger partial charge in [-0.1, -0.05) is 22.0 Å². The van der Waals surface area contributed by atoms with Crippen molar-refractivity contribution in [2.75, 3.05) is 5.88 Å². The number of allylic oxidation sites excluding steroid dienone is 2. The van der Waals surface area contributed by atoms with Gasteiger partial charge in [-0.3, -0.25) is 0 Å². The fourth-order valence-electron chi connectivity index (χ4n) is 0.293. The summed E-state index contributed by atoms with van der Waals surface area (Å²) < 4.78 is 0. The Kier molecular flexibility index (Phi) is 5.10. The van der Waals surface area contributed by atoms with Crippen LogP contribution in [0.15, 0.2) is 12.2 Å². The van der Waals surface area contributed by atoms with E-state index in [0.29, 0.717) is 10.5 Å². The Bertz CT molecular complexity index is 120. The molecule has 1 nitrogen and oxygen atoms in total. The van der Waals surface area contributed by atoms with E-state index in [0.717, 1.165) is 0 Å². The zero-order chi connectivity index (χ0) is 7.28. The Morgan fingerprint density at radius 1 is 1.89 bits per heavy atom. The number of alkyl halides is 2. The standard InChI is InChI=1S/C6H9BrClN/c1-5(7)2-3-6(9)4-8/h2-3,5,9H,4H2,1H3/b3-2-,9-6?/t5-/m0/s1. The van der Waals surface area contributed by atoms with Crippen LogP contribution in [0.5, 0.6) is 0 Å². The van der Waals surface area contributed by atoms with Gasteiger partial charge in [0.15, 0.2) is 0 Å². The highest BCUT2D eigenvalue weighted by molar-refractivity contribution is 9.09. The second-order valence-corrected chi connectivity index (χ2v) is 3.41. The van der Waals surface area contributed by atoms with Crippen molar-refractivity contribution >= 4 is 33.2 Å². The Morgan fingerprint density at radius 3 is 2.78 bits per heavy atom. The summed E-state index contributed by atoms with van der Waals surface area (Å²) in [4.78, 5) is 0.320. The van der Waals surface area contributed by atoms with E-state index in [-0.39, 0.29) is 5.88 Å². The average Bonchev–Trinajstić information content (AvgIpc) is 1.83. The highest BCUT2D eigenvalue weighted by atomic mass is 79.9. The highest BCUT2D eigenvalue weighted by Crippen LogP contribution is 1.98. The van der Waals surface area contributed by atoms with E-state index in [2.05, 4.69) is 15.9 Å². The quantitative estimate of drug-likeness (QED) is 0.547. The van der Waals surface area contributed by atoms with Crippen molar-refractivity contribution in [2.24, 2.45) is 0 Å². The van der Waals surface area contributed by atoms with Gasteiger partial charge in [-0.2, -0.15) is 0 Å². The van der Waals surface area contributed by atoms with E-state index in [1.807, 2.05) is 13.0 Å². The van der Waals surface area contributed by atoms with Crippen LogP contribution < -0.4 is 0 Å². The lowest BCUT2D eigenvalue weighted by Crippen LogP contribution is -1.92.